The van der Waals surface area contributed by atoms with Crippen molar-refractivity contribution in [3.63, 3.8) is 0 Å². The van der Waals surface area contributed by atoms with Gasteiger partial charge < -0.3 is 10.5 Å². The van der Waals surface area contributed by atoms with E-state index in [0.717, 1.165) is 19.4 Å². The van der Waals surface area contributed by atoms with E-state index in [4.69, 9.17) is 10.5 Å². The monoisotopic (exact) mass is 229 g/mol. The van der Waals surface area contributed by atoms with Crippen LogP contribution in [0.5, 0.6) is 0 Å². The fourth-order valence-corrected chi connectivity index (χ4v) is 1.93. The lowest BCUT2D eigenvalue weighted by molar-refractivity contribution is -0.125. The van der Waals surface area contributed by atoms with Gasteiger partial charge in [-0.2, -0.15) is 0 Å². The van der Waals surface area contributed by atoms with Crippen molar-refractivity contribution in [3.05, 3.63) is 0 Å². The zero-order valence-electron chi connectivity index (χ0n) is 12.3. The average molecular weight is 229 g/mol. The summed E-state index contributed by atoms with van der Waals surface area (Å²) in [6.45, 7) is 17.3. The summed E-state index contributed by atoms with van der Waals surface area (Å²) in [5.41, 5.74) is 5.86. The molecule has 2 heteroatoms. The van der Waals surface area contributed by atoms with E-state index in [1.807, 2.05) is 0 Å². The second-order valence-corrected chi connectivity index (χ2v) is 7.21. The minimum Gasteiger partial charge on any atom is -0.375 e. The number of hydrogen-bond donors (Lipinski definition) is 1. The van der Waals surface area contributed by atoms with Crippen molar-refractivity contribution in [1.29, 1.82) is 0 Å². The molecular formula is C14H31NO. The van der Waals surface area contributed by atoms with Crippen molar-refractivity contribution < 1.29 is 4.74 Å². The van der Waals surface area contributed by atoms with Crippen LogP contribution in [-0.4, -0.2) is 18.8 Å². The molecule has 0 fully saturated rings. The molecule has 0 amide bonds. The van der Waals surface area contributed by atoms with Gasteiger partial charge in [-0.05, 0) is 37.1 Å². The highest BCUT2D eigenvalue weighted by molar-refractivity contribution is 4.91. The van der Waals surface area contributed by atoms with E-state index in [0.29, 0.717) is 6.54 Å². The summed E-state index contributed by atoms with van der Waals surface area (Å²) in [6.07, 6.45) is 2.00. The van der Waals surface area contributed by atoms with Gasteiger partial charge in [0.25, 0.3) is 0 Å². The third kappa shape index (κ3) is 5.31. The largest absolute Gasteiger partial charge is 0.375 e. The van der Waals surface area contributed by atoms with E-state index >= 15 is 0 Å². The van der Waals surface area contributed by atoms with Gasteiger partial charge in [-0.25, -0.2) is 0 Å². The van der Waals surface area contributed by atoms with E-state index < -0.39 is 0 Å². The van der Waals surface area contributed by atoms with Crippen LogP contribution in [0.3, 0.4) is 0 Å². The molecule has 1 unspecified atom stereocenters. The summed E-state index contributed by atoms with van der Waals surface area (Å²) in [5, 5.41) is 0. The predicted octanol–water partition coefficient (Wildman–Crippen LogP) is 3.59. The van der Waals surface area contributed by atoms with E-state index in [-0.39, 0.29) is 16.4 Å². The minimum atomic E-state index is -0.0829. The minimum absolute atomic E-state index is 0.0829. The normalized spacial score (nSPS) is 17.2. The smallest absolute Gasteiger partial charge is 0.0707 e. The van der Waals surface area contributed by atoms with Crippen LogP contribution in [0, 0.1) is 10.8 Å². The molecule has 0 saturated carbocycles. The Balaban J connectivity index is 4.63. The second-order valence-electron chi connectivity index (χ2n) is 7.21. The first-order valence-electron chi connectivity index (χ1n) is 6.36. The fourth-order valence-electron chi connectivity index (χ4n) is 1.93. The molecule has 0 heterocycles. The summed E-state index contributed by atoms with van der Waals surface area (Å²) in [7, 11) is 0. The van der Waals surface area contributed by atoms with Gasteiger partial charge >= 0.3 is 0 Å². The average Bonchev–Trinajstić information content (AvgIpc) is 1.99. The lowest BCUT2D eigenvalue weighted by Gasteiger charge is -2.45. The maximum atomic E-state index is 6.13. The summed E-state index contributed by atoms with van der Waals surface area (Å²) < 4.78 is 6.13. The molecule has 0 radical (unpaired) electrons. The molecule has 0 aromatic carbocycles. The van der Waals surface area contributed by atoms with Crippen molar-refractivity contribution in [2.24, 2.45) is 16.6 Å². The van der Waals surface area contributed by atoms with Gasteiger partial charge in [0.1, 0.15) is 0 Å². The molecule has 0 aliphatic carbocycles. The molecule has 0 bridgehead atoms. The van der Waals surface area contributed by atoms with Gasteiger partial charge in [-0.15, -0.1) is 0 Å². The molecule has 0 spiro atoms. The van der Waals surface area contributed by atoms with Gasteiger partial charge in [-0.1, -0.05) is 41.5 Å². The van der Waals surface area contributed by atoms with Crippen molar-refractivity contribution in [2.45, 2.75) is 66.9 Å². The maximum absolute atomic E-state index is 6.13. The van der Waals surface area contributed by atoms with Crippen LogP contribution in [0.15, 0.2) is 0 Å². The number of nitrogens with two attached hydrogens (primary N) is 1. The SMILES string of the molecule is CC(C)(C)CC(C)(OCCCN)C(C)(C)C. The summed E-state index contributed by atoms with van der Waals surface area (Å²) >= 11 is 0. The third-order valence-electron chi connectivity index (χ3n) is 3.22. The highest BCUT2D eigenvalue weighted by Gasteiger charge is 2.41. The van der Waals surface area contributed by atoms with E-state index in [9.17, 15) is 0 Å². The summed E-state index contributed by atoms with van der Waals surface area (Å²) in [6, 6.07) is 0. The standard InChI is InChI=1S/C14H31NO/c1-12(2,3)11-14(7,13(4,5)6)16-10-8-9-15/h8-11,15H2,1-7H3. The first-order chi connectivity index (χ1) is 7.02. The lowest BCUT2D eigenvalue weighted by atomic mass is 9.69. The van der Waals surface area contributed by atoms with Crippen LogP contribution in [0.25, 0.3) is 0 Å². The Hall–Kier alpha value is -0.0800. The van der Waals surface area contributed by atoms with Crippen LogP contribution in [0.2, 0.25) is 0 Å². The van der Waals surface area contributed by atoms with Crippen molar-refractivity contribution in [1.82, 2.24) is 0 Å². The van der Waals surface area contributed by atoms with E-state index in [2.05, 4.69) is 48.5 Å². The molecule has 1 atom stereocenters. The first kappa shape index (κ1) is 15.9. The van der Waals surface area contributed by atoms with Crippen LogP contribution in [0.1, 0.15) is 61.3 Å². The molecule has 2 nitrogen and oxygen atoms in total. The Kier molecular flexibility index (Phi) is 5.48. The molecular weight excluding hydrogens is 198 g/mol. The summed E-state index contributed by atoms with van der Waals surface area (Å²) in [5.74, 6) is 0. The van der Waals surface area contributed by atoms with Crippen LogP contribution >= 0.6 is 0 Å². The Morgan fingerprint density at radius 1 is 0.938 bits per heavy atom. The van der Waals surface area contributed by atoms with Crippen molar-refractivity contribution in [3.8, 4) is 0 Å². The zero-order valence-corrected chi connectivity index (χ0v) is 12.3. The highest BCUT2D eigenvalue weighted by Crippen LogP contribution is 2.42. The molecule has 98 valence electrons. The maximum Gasteiger partial charge on any atom is 0.0707 e. The third-order valence-corrected chi connectivity index (χ3v) is 3.22. The quantitative estimate of drug-likeness (QED) is 0.731. The molecule has 0 aromatic heterocycles. The molecule has 16 heavy (non-hydrogen) atoms. The Labute approximate surface area is 102 Å². The van der Waals surface area contributed by atoms with Gasteiger partial charge in [0.15, 0.2) is 0 Å². The molecule has 0 rings (SSSR count). The first-order valence-corrected chi connectivity index (χ1v) is 6.36. The molecule has 0 aromatic rings. The Morgan fingerprint density at radius 3 is 1.75 bits per heavy atom. The highest BCUT2D eigenvalue weighted by atomic mass is 16.5. The van der Waals surface area contributed by atoms with E-state index in [1.54, 1.807) is 0 Å². The number of rotatable bonds is 5. The molecule has 2 N–H and O–H groups in total. The van der Waals surface area contributed by atoms with Gasteiger partial charge in [-0.3, -0.25) is 0 Å². The van der Waals surface area contributed by atoms with Crippen LogP contribution < -0.4 is 5.73 Å². The van der Waals surface area contributed by atoms with Crippen molar-refractivity contribution in [2.75, 3.05) is 13.2 Å². The molecule has 0 aliphatic rings. The Morgan fingerprint density at radius 2 is 1.44 bits per heavy atom. The van der Waals surface area contributed by atoms with Gasteiger partial charge in [0, 0.05) is 6.61 Å². The van der Waals surface area contributed by atoms with Gasteiger partial charge in [0.2, 0.25) is 0 Å². The number of hydrogen-bond acceptors (Lipinski definition) is 2. The zero-order chi connectivity index (χ0) is 13.0. The molecule has 0 aliphatic heterocycles. The summed E-state index contributed by atoms with van der Waals surface area (Å²) in [4.78, 5) is 0. The van der Waals surface area contributed by atoms with E-state index in [1.165, 1.54) is 0 Å². The predicted molar refractivity (Wildman–Crippen MR) is 71.6 cm³/mol. The number of ether oxygens (including phenoxy) is 1. The lowest BCUT2D eigenvalue weighted by Crippen LogP contribution is -2.45. The second kappa shape index (κ2) is 5.50. The topological polar surface area (TPSA) is 35.2 Å². The molecule has 0 saturated heterocycles. The fraction of sp³-hybridized carbons (Fsp3) is 1.00. The Bertz CT molecular complexity index is 200. The van der Waals surface area contributed by atoms with Crippen LogP contribution in [-0.2, 0) is 4.74 Å². The van der Waals surface area contributed by atoms with Crippen LogP contribution in [0.4, 0.5) is 0 Å². The van der Waals surface area contributed by atoms with Gasteiger partial charge in [0.05, 0.1) is 5.60 Å². The van der Waals surface area contributed by atoms with Crippen molar-refractivity contribution >= 4 is 0 Å².